The van der Waals surface area contributed by atoms with Crippen molar-refractivity contribution in [2.45, 2.75) is 60.0 Å². The minimum absolute atomic E-state index is 0.0553. The molecule has 0 spiro atoms. The molecule has 0 aliphatic rings. The van der Waals surface area contributed by atoms with Gasteiger partial charge in [0.05, 0.1) is 24.2 Å². The van der Waals surface area contributed by atoms with Gasteiger partial charge in [-0.2, -0.15) is 0 Å². The third-order valence-electron chi connectivity index (χ3n) is 4.63. The molecule has 0 radical (unpaired) electrons. The largest absolute Gasteiger partial charge is 0.491 e. The van der Waals surface area contributed by atoms with Crippen molar-refractivity contribution in [3.63, 3.8) is 0 Å². The Morgan fingerprint density at radius 1 is 1.20 bits per heavy atom. The van der Waals surface area contributed by atoms with Crippen molar-refractivity contribution in [2.75, 3.05) is 11.9 Å². The van der Waals surface area contributed by atoms with Crippen LogP contribution in [0, 0.1) is 5.92 Å². The van der Waals surface area contributed by atoms with Gasteiger partial charge in [0.25, 0.3) is 5.56 Å². The molecule has 1 aromatic carbocycles. The molecule has 0 unspecified atom stereocenters. The standard InChI is InChI=1S/C22H31N3O5/c1-5-7-10-30-20-17-11-15(24-19(26)6-2)8-9-16(17)21(27)25(13-14(3)4)18(20)12-23-22(28)29/h8-9,11,14,23H,5-7,10,12-13H2,1-4H3,(H,24,26)(H,28,29). The molecule has 0 atom stereocenters. The molecule has 2 aromatic rings. The number of carbonyl (C=O) groups is 2. The second-order valence-corrected chi connectivity index (χ2v) is 7.61. The zero-order valence-electron chi connectivity index (χ0n) is 18.1. The van der Waals surface area contributed by atoms with Crippen LogP contribution in [0.5, 0.6) is 5.75 Å². The van der Waals surface area contributed by atoms with Gasteiger partial charge < -0.3 is 25.0 Å². The summed E-state index contributed by atoms with van der Waals surface area (Å²) in [4.78, 5) is 36.2. The molecule has 0 aliphatic heterocycles. The van der Waals surface area contributed by atoms with Crippen LogP contribution in [0.25, 0.3) is 10.8 Å². The second kappa shape index (κ2) is 10.7. The molecule has 3 N–H and O–H groups in total. The van der Waals surface area contributed by atoms with Crippen molar-refractivity contribution < 1.29 is 19.4 Å². The zero-order valence-corrected chi connectivity index (χ0v) is 18.1. The minimum atomic E-state index is -1.18. The molecule has 2 rings (SSSR count). The van der Waals surface area contributed by atoms with Crippen LogP contribution in [0.15, 0.2) is 23.0 Å². The van der Waals surface area contributed by atoms with E-state index in [9.17, 15) is 14.4 Å². The van der Waals surface area contributed by atoms with E-state index in [1.165, 1.54) is 0 Å². The lowest BCUT2D eigenvalue weighted by molar-refractivity contribution is -0.115. The lowest BCUT2D eigenvalue weighted by Crippen LogP contribution is -2.31. The molecule has 30 heavy (non-hydrogen) atoms. The number of nitrogens with one attached hydrogen (secondary N) is 2. The molecule has 0 fully saturated rings. The number of fused-ring (bicyclic) bond motifs is 1. The normalized spacial score (nSPS) is 11.0. The number of rotatable bonds is 10. The maximum atomic E-state index is 13.2. The number of unbranched alkanes of at least 4 members (excludes halogenated alkanes) is 1. The molecule has 2 amide bonds. The molecule has 0 saturated heterocycles. The van der Waals surface area contributed by atoms with Crippen molar-refractivity contribution in [3.05, 3.63) is 34.2 Å². The zero-order chi connectivity index (χ0) is 22.3. The molecule has 164 valence electrons. The molecule has 1 aromatic heterocycles. The summed E-state index contributed by atoms with van der Waals surface area (Å²) in [5, 5.41) is 15.3. The van der Waals surface area contributed by atoms with Crippen LogP contribution in [0.1, 0.15) is 52.7 Å². The summed E-state index contributed by atoms with van der Waals surface area (Å²) < 4.78 is 7.67. The van der Waals surface area contributed by atoms with Crippen molar-refractivity contribution in [2.24, 2.45) is 5.92 Å². The molecule has 0 saturated carbocycles. The van der Waals surface area contributed by atoms with Gasteiger partial charge in [0.2, 0.25) is 5.91 Å². The van der Waals surface area contributed by atoms with Crippen LogP contribution >= 0.6 is 0 Å². The molecule has 8 heteroatoms. The van der Waals surface area contributed by atoms with E-state index in [1.807, 2.05) is 20.8 Å². The van der Waals surface area contributed by atoms with Crippen LogP contribution in [-0.2, 0) is 17.9 Å². The maximum absolute atomic E-state index is 13.2. The number of pyridine rings is 1. The minimum Gasteiger partial charge on any atom is -0.491 e. The van der Waals surface area contributed by atoms with Gasteiger partial charge in [0, 0.05) is 24.0 Å². The van der Waals surface area contributed by atoms with E-state index in [0.29, 0.717) is 47.5 Å². The Bertz CT molecular complexity index is 965. The van der Waals surface area contributed by atoms with Gasteiger partial charge in [-0.15, -0.1) is 0 Å². The van der Waals surface area contributed by atoms with Gasteiger partial charge >= 0.3 is 6.09 Å². The summed E-state index contributed by atoms with van der Waals surface area (Å²) in [6.07, 6.45) is 0.913. The monoisotopic (exact) mass is 417 g/mol. The highest BCUT2D eigenvalue weighted by Crippen LogP contribution is 2.31. The smallest absolute Gasteiger partial charge is 0.404 e. The van der Waals surface area contributed by atoms with Crippen LogP contribution in [-0.4, -0.2) is 28.3 Å². The quantitative estimate of drug-likeness (QED) is 0.507. The molecule has 0 aliphatic carbocycles. The van der Waals surface area contributed by atoms with Gasteiger partial charge in [-0.25, -0.2) is 4.79 Å². The third kappa shape index (κ3) is 5.75. The van der Waals surface area contributed by atoms with Crippen molar-refractivity contribution in [3.8, 4) is 5.75 Å². The van der Waals surface area contributed by atoms with E-state index in [4.69, 9.17) is 9.84 Å². The highest BCUT2D eigenvalue weighted by molar-refractivity contribution is 5.96. The fourth-order valence-electron chi connectivity index (χ4n) is 3.16. The molecular weight excluding hydrogens is 386 g/mol. The van der Waals surface area contributed by atoms with Crippen LogP contribution in [0.4, 0.5) is 10.5 Å². The second-order valence-electron chi connectivity index (χ2n) is 7.61. The fraction of sp³-hybridized carbons (Fsp3) is 0.500. The number of nitrogens with zero attached hydrogens (tertiary/aromatic N) is 1. The van der Waals surface area contributed by atoms with Gasteiger partial charge in [-0.3, -0.25) is 9.59 Å². The number of aromatic nitrogens is 1. The number of carboxylic acid groups (broad SMARTS) is 1. The average molecular weight is 418 g/mol. The van der Waals surface area contributed by atoms with E-state index in [2.05, 4.69) is 10.6 Å². The predicted molar refractivity (Wildman–Crippen MR) is 117 cm³/mol. The summed E-state index contributed by atoms with van der Waals surface area (Å²) in [7, 11) is 0. The number of ether oxygens (including phenoxy) is 1. The summed E-state index contributed by atoms with van der Waals surface area (Å²) in [5.41, 5.74) is 0.837. The molecular formula is C22H31N3O5. The molecule has 8 nitrogen and oxygen atoms in total. The Morgan fingerprint density at radius 2 is 1.93 bits per heavy atom. The van der Waals surface area contributed by atoms with E-state index in [1.54, 1.807) is 29.7 Å². The van der Waals surface area contributed by atoms with Crippen molar-refractivity contribution in [1.29, 1.82) is 0 Å². The van der Waals surface area contributed by atoms with Crippen molar-refractivity contribution >= 4 is 28.5 Å². The van der Waals surface area contributed by atoms with Gasteiger partial charge in [0.1, 0.15) is 5.75 Å². The summed E-state index contributed by atoms with van der Waals surface area (Å²) in [5.74, 6) is 0.513. The van der Waals surface area contributed by atoms with E-state index >= 15 is 0 Å². The third-order valence-corrected chi connectivity index (χ3v) is 4.63. The Balaban J connectivity index is 2.73. The number of anilines is 1. The Labute approximate surface area is 176 Å². The first-order valence-corrected chi connectivity index (χ1v) is 10.4. The average Bonchev–Trinajstić information content (AvgIpc) is 2.69. The van der Waals surface area contributed by atoms with Gasteiger partial charge in [-0.1, -0.05) is 34.1 Å². The van der Waals surface area contributed by atoms with Crippen LogP contribution in [0.2, 0.25) is 0 Å². The van der Waals surface area contributed by atoms with Crippen LogP contribution in [0.3, 0.4) is 0 Å². The van der Waals surface area contributed by atoms with Crippen molar-refractivity contribution in [1.82, 2.24) is 9.88 Å². The first-order chi connectivity index (χ1) is 14.3. The topological polar surface area (TPSA) is 110 Å². The first-order valence-electron chi connectivity index (χ1n) is 10.4. The number of hydrogen-bond acceptors (Lipinski definition) is 4. The van der Waals surface area contributed by atoms with Gasteiger partial charge in [-0.05, 0) is 30.5 Å². The summed E-state index contributed by atoms with van der Waals surface area (Å²) in [6, 6.07) is 5.10. The summed E-state index contributed by atoms with van der Waals surface area (Å²) in [6.45, 7) is 8.61. The van der Waals surface area contributed by atoms with E-state index < -0.39 is 6.09 Å². The Morgan fingerprint density at radius 3 is 2.53 bits per heavy atom. The van der Waals surface area contributed by atoms with Gasteiger partial charge in [0.15, 0.2) is 0 Å². The highest BCUT2D eigenvalue weighted by Gasteiger charge is 2.20. The van der Waals surface area contributed by atoms with E-state index in [0.717, 1.165) is 12.8 Å². The predicted octanol–water partition coefficient (Wildman–Crippen LogP) is 3.95. The number of benzene rings is 1. The first kappa shape index (κ1) is 23.3. The molecule has 1 heterocycles. The SMILES string of the molecule is CCCCOc1c(CNC(=O)O)n(CC(C)C)c(=O)c2ccc(NC(=O)CC)cc12. The Kier molecular flexibility index (Phi) is 8.26. The number of hydrogen-bond donors (Lipinski definition) is 3. The Hall–Kier alpha value is -3.03. The number of carbonyl (C=O) groups excluding carboxylic acids is 1. The lowest BCUT2D eigenvalue weighted by Gasteiger charge is -2.21. The van der Waals surface area contributed by atoms with E-state index in [-0.39, 0.29) is 23.9 Å². The lowest BCUT2D eigenvalue weighted by atomic mass is 10.1. The fourth-order valence-corrected chi connectivity index (χ4v) is 3.16. The maximum Gasteiger partial charge on any atom is 0.404 e. The molecule has 0 bridgehead atoms. The number of amides is 2. The summed E-state index contributed by atoms with van der Waals surface area (Å²) >= 11 is 0. The highest BCUT2D eigenvalue weighted by atomic mass is 16.5. The van der Waals surface area contributed by atoms with Crippen LogP contribution < -0.4 is 20.9 Å².